The molecule has 0 aliphatic heterocycles. The van der Waals surface area contributed by atoms with E-state index < -0.39 is 0 Å². The Morgan fingerprint density at radius 2 is 1.73 bits per heavy atom. The molecule has 0 bridgehead atoms. The Morgan fingerprint density at radius 1 is 1.18 bits per heavy atom. The lowest BCUT2D eigenvalue weighted by atomic mass is 10.0. The Hall–Kier alpha value is -0.340. The van der Waals surface area contributed by atoms with Crippen LogP contribution < -0.4 is 6.15 Å². The van der Waals surface area contributed by atoms with Gasteiger partial charge in [0.1, 0.15) is 0 Å². The van der Waals surface area contributed by atoms with E-state index in [2.05, 4.69) is 13.0 Å². The lowest BCUT2D eigenvalue weighted by molar-refractivity contribution is 0.702. The van der Waals surface area contributed by atoms with Gasteiger partial charge >= 0.3 is 0 Å². The normalized spacial score (nSPS) is 14.3. The van der Waals surface area contributed by atoms with Gasteiger partial charge in [0.05, 0.1) is 0 Å². The Balaban J connectivity index is -0.000000149. The lowest BCUT2D eigenvalue weighted by Crippen LogP contribution is -1.85. The standard InChI is InChI=1S/C7H12.C2H6.H3N.H2O/c1-7-5-3-2-4-6-7;1-2;;/h5H,2-4,6H2,1H3;1-2H3;1H3;1H2. The average molecular weight is 161 g/mol. The molecule has 5 N–H and O–H groups in total. The maximum atomic E-state index is 2.35. The quantitative estimate of drug-likeness (QED) is 0.545. The largest absolute Gasteiger partial charge is 0.412 e. The van der Waals surface area contributed by atoms with Crippen LogP contribution in [0, 0.1) is 0 Å². The first kappa shape index (κ1) is 17.0. The molecule has 0 spiro atoms. The van der Waals surface area contributed by atoms with Gasteiger partial charge in [0.2, 0.25) is 0 Å². The third-order valence-electron chi connectivity index (χ3n) is 1.52. The zero-order chi connectivity index (χ0) is 7.11. The monoisotopic (exact) mass is 161 g/mol. The summed E-state index contributed by atoms with van der Waals surface area (Å²) in [6.07, 6.45) is 7.86. The van der Waals surface area contributed by atoms with Crippen LogP contribution in [-0.2, 0) is 0 Å². The number of rotatable bonds is 0. The SMILES string of the molecule is CC.CC1=CCCCC1.N.O. The molecule has 0 saturated carbocycles. The second-order valence-corrected chi connectivity index (χ2v) is 2.30. The minimum atomic E-state index is 0. The van der Waals surface area contributed by atoms with Gasteiger partial charge in [-0.25, -0.2) is 0 Å². The Kier molecular flexibility index (Phi) is 19.0. The van der Waals surface area contributed by atoms with Crippen molar-refractivity contribution in [3.05, 3.63) is 11.6 Å². The van der Waals surface area contributed by atoms with Crippen LogP contribution in [0.2, 0.25) is 0 Å². The van der Waals surface area contributed by atoms with Gasteiger partial charge < -0.3 is 11.6 Å². The molecule has 0 heterocycles. The highest BCUT2D eigenvalue weighted by Crippen LogP contribution is 2.15. The van der Waals surface area contributed by atoms with Crippen LogP contribution in [0.1, 0.15) is 46.5 Å². The molecular formula is C9H23NO. The van der Waals surface area contributed by atoms with Gasteiger partial charge in [-0.05, 0) is 32.6 Å². The molecule has 0 atom stereocenters. The van der Waals surface area contributed by atoms with Gasteiger partial charge in [-0.15, -0.1) is 0 Å². The third kappa shape index (κ3) is 9.66. The molecule has 0 aromatic carbocycles. The molecule has 2 heteroatoms. The molecule has 0 amide bonds. The van der Waals surface area contributed by atoms with Crippen LogP contribution in [0.3, 0.4) is 0 Å². The van der Waals surface area contributed by atoms with E-state index in [9.17, 15) is 0 Å². The molecule has 0 fully saturated rings. The number of allylic oxidation sites excluding steroid dienone is 2. The van der Waals surface area contributed by atoms with Crippen LogP contribution in [0.15, 0.2) is 11.6 Å². The van der Waals surface area contributed by atoms with E-state index in [-0.39, 0.29) is 11.6 Å². The van der Waals surface area contributed by atoms with Gasteiger partial charge in [-0.1, -0.05) is 25.5 Å². The van der Waals surface area contributed by atoms with Crippen molar-refractivity contribution in [1.82, 2.24) is 6.15 Å². The van der Waals surface area contributed by atoms with Gasteiger partial charge in [0.25, 0.3) is 0 Å². The first-order valence-corrected chi connectivity index (χ1v) is 4.05. The summed E-state index contributed by atoms with van der Waals surface area (Å²) in [5.74, 6) is 0. The van der Waals surface area contributed by atoms with Gasteiger partial charge in [0.15, 0.2) is 0 Å². The second kappa shape index (κ2) is 12.3. The van der Waals surface area contributed by atoms with Crippen LogP contribution in [-0.4, -0.2) is 5.48 Å². The summed E-state index contributed by atoms with van der Waals surface area (Å²) in [5.41, 5.74) is 1.59. The van der Waals surface area contributed by atoms with Crippen LogP contribution in [0.4, 0.5) is 0 Å². The summed E-state index contributed by atoms with van der Waals surface area (Å²) in [4.78, 5) is 0. The molecule has 11 heavy (non-hydrogen) atoms. The molecule has 0 aromatic heterocycles. The highest BCUT2D eigenvalue weighted by molar-refractivity contribution is 5.00. The molecule has 1 aliphatic rings. The van der Waals surface area contributed by atoms with E-state index in [1.807, 2.05) is 13.8 Å². The maximum Gasteiger partial charge on any atom is -0.0323 e. The summed E-state index contributed by atoms with van der Waals surface area (Å²) in [5, 5.41) is 0. The molecule has 0 saturated heterocycles. The first-order valence-electron chi connectivity index (χ1n) is 4.05. The molecule has 1 rings (SSSR count). The number of hydrogen-bond donors (Lipinski definition) is 1. The summed E-state index contributed by atoms with van der Waals surface area (Å²) < 4.78 is 0. The van der Waals surface area contributed by atoms with Gasteiger partial charge in [0, 0.05) is 0 Å². The smallest absolute Gasteiger partial charge is 0.0323 e. The third-order valence-corrected chi connectivity index (χ3v) is 1.52. The van der Waals surface area contributed by atoms with Crippen molar-refractivity contribution in [3.8, 4) is 0 Å². The van der Waals surface area contributed by atoms with Gasteiger partial charge in [-0.2, -0.15) is 0 Å². The summed E-state index contributed by atoms with van der Waals surface area (Å²) >= 11 is 0. The van der Waals surface area contributed by atoms with Crippen molar-refractivity contribution in [2.24, 2.45) is 0 Å². The topological polar surface area (TPSA) is 66.5 Å². The van der Waals surface area contributed by atoms with Crippen molar-refractivity contribution < 1.29 is 5.48 Å². The zero-order valence-electron chi connectivity index (χ0n) is 8.11. The number of hydrogen-bond acceptors (Lipinski definition) is 1. The predicted octanol–water partition coefficient (Wildman–Crippen LogP) is 2.87. The molecule has 2 nitrogen and oxygen atoms in total. The van der Waals surface area contributed by atoms with E-state index in [0.717, 1.165) is 0 Å². The zero-order valence-corrected chi connectivity index (χ0v) is 8.11. The highest BCUT2D eigenvalue weighted by Gasteiger charge is 1.95. The molecular weight excluding hydrogens is 138 g/mol. The fraction of sp³-hybridized carbons (Fsp3) is 0.778. The fourth-order valence-electron chi connectivity index (χ4n) is 0.999. The van der Waals surface area contributed by atoms with Crippen molar-refractivity contribution in [1.29, 1.82) is 0 Å². The second-order valence-electron chi connectivity index (χ2n) is 2.30. The van der Waals surface area contributed by atoms with Crippen molar-refractivity contribution in [2.45, 2.75) is 46.5 Å². The highest BCUT2D eigenvalue weighted by atomic mass is 16.0. The average Bonchev–Trinajstić information content (AvgIpc) is 1.94. The molecule has 0 unspecified atom stereocenters. The Labute approximate surface area is 70.6 Å². The summed E-state index contributed by atoms with van der Waals surface area (Å²) in [7, 11) is 0. The van der Waals surface area contributed by atoms with E-state index >= 15 is 0 Å². The van der Waals surface area contributed by atoms with E-state index in [0.29, 0.717) is 0 Å². The lowest BCUT2D eigenvalue weighted by Gasteiger charge is -2.05. The van der Waals surface area contributed by atoms with Crippen LogP contribution in [0.25, 0.3) is 0 Å². The summed E-state index contributed by atoms with van der Waals surface area (Å²) in [6, 6.07) is 0. The first-order chi connectivity index (χ1) is 4.39. The minimum Gasteiger partial charge on any atom is -0.412 e. The Morgan fingerprint density at radius 3 is 1.91 bits per heavy atom. The molecule has 1 aliphatic carbocycles. The van der Waals surface area contributed by atoms with Gasteiger partial charge in [-0.3, -0.25) is 0 Å². The molecule has 0 radical (unpaired) electrons. The molecule has 0 aromatic rings. The van der Waals surface area contributed by atoms with Crippen LogP contribution in [0.5, 0.6) is 0 Å². The Bertz CT molecular complexity index is 89.6. The van der Waals surface area contributed by atoms with E-state index in [1.54, 1.807) is 5.57 Å². The van der Waals surface area contributed by atoms with E-state index in [1.165, 1.54) is 25.7 Å². The molecule has 70 valence electrons. The predicted molar refractivity (Wildman–Crippen MR) is 52.2 cm³/mol. The minimum absolute atomic E-state index is 0. The summed E-state index contributed by atoms with van der Waals surface area (Å²) in [6.45, 7) is 6.22. The van der Waals surface area contributed by atoms with E-state index in [4.69, 9.17) is 0 Å². The van der Waals surface area contributed by atoms with Crippen molar-refractivity contribution >= 4 is 0 Å². The maximum absolute atomic E-state index is 2.35. The van der Waals surface area contributed by atoms with Crippen molar-refractivity contribution in [3.63, 3.8) is 0 Å². The van der Waals surface area contributed by atoms with Crippen LogP contribution >= 0.6 is 0 Å². The fourth-order valence-corrected chi connectivity index (χ4v) is 0.999. The van der Waals surface area contributed by atoms with Crippen molar-refractivity contribution in [2.75, 3.05) is 0 Å².